The molecule has 166 valence electrons. The van der Waals surface area contributed by atoms with Gasteiger partial charge < -0.3 is 24.8 Å². The lowest BCUT2D eigenvalue weighted by Crippen LogP contribution is -1.98. The second kappa shape index (κ2) is 8.79. The van der Waals surface area contributed by atoms with E-state index in [0.717, 1.165) is 35.1 Å². The number of rotatable bonds is 0. The number of aryl methyl sites for hydroxylation is 4. The highest BCUT2D eigenvalue weighted by Crippen LogP contribution is 2.37. The standard InChI is InChI=1S/C28H24O5/c29-24-14-9-19-8-7-18-3-1-5-22(15-18)33-28-21(4-2-6-25(28)30)11-10-20-12-13-23(17-26(20)31)32-27(24)16-19/h1-6,9,12-17,29-31H,7-8,10-11H2. The van der Waals surface area contributed by atoms with Crippen molar-refractivity contribution in [2.45, 2.75) is 25.7 Å². The van der Waals surface area contributed by atoms with E-state index in [4.69, 9.17) is 9.47 Å². The van der Waals surface area contributed by atoms with Gasteiger partial charge in [-0.25, -0.2) is 0 Å². The molecule has 5 nitrogen and oxygen atoms in total. The van der Waals surface area contributed by atoms with Crippen molar-refractivity contribution in [3.05, 3.63) is 101 Å². The molecule has 0 aliphatic carbocycles. The molecular formula is C28H24O5. The third-order valence-electron chi connectivity index (χ3n) is 5.87. The van der Waals surface area contributed by atoms with Crippen molar-refractivity contribution in [3.63, 3.8) is 0 Å². The number of hydrogen-bond acceptors (Lipinski definition) is 5. The van der Waals surface area contributed by atoms with E-state index in [1.807, 2.05) is 48.5 Å². The molecule has 6 rings (SSSR count). The van der Waals surface area contributed by atoms with E-state index in [1.165, 1.54) is 0 Å². The number of fused-ring (bicyclic) bond motifs is 4. The second-order valence-corrected chi connectivity index (χ2v) is 8.21. The summed E-state index contributed by atoms with van der Waals surface area (Å²) in [5, 5.41) is 31.3. The maximum absolute atomic E-state index is 10.6. The van der Waals surface area contributed by atoms with Gasteiger partial charge in [0.15, 0.2) is 23.0 Å². The van der Waals surface area contributed by atoms with Gasteiger partial charge >= 0.3 is 0 Å². The van der Waals surface area contributed by atoms with Crippen LogP contribution in [0.2, 0.25) is 0 Å². The van der Waals surface area contributed by atoms with Crippen molar-refractivity contribution in [2.24, 2.45) is 0 Å². The first-order chi connectivity index (χ1) is 16.0. The van der Waals surface area contributed by atoms with Crippen LogP contribution in [-0.4, -0.2) is 15.3 Å². The zero-order chi connectivity index (χ0) is 22.8. The number of phenols is 3. The SMILES string of the molecule is Oc1cc2ccc1CCc1cccc(O)c1Oc1cccc(c1)CCc1ccc(O)c(c1)O2. The fraction of sp³-hybridized carbons (Fsp3) is 0.143. The zero-order valence-electron chi connectivity index (χ0n) is 18.0. The number of hydrogen-bond donors (Lipinski definition) is 3. The Kier molecular flexibility index (Phi) is 5.53. The van der Waals surface area contributed by atoms with Gasteiger partial charge in [-0.15, -0.1) is 0 Å². The first kappa shape index (κ1) is 20.8. The predicted octanol–water partition coefficient (Wildman–Crippen LogP) is 6.27. The van der Waals surface area contributed by atoms with Crippen LogP contribution >= 0.6 is 0 Å². The van der Waals surface area contributed by atoms with Gasteiger partial charge in [-0.2, -0.15) is 0 Å². The lowest BCUT2D eigenvalue weighted by atomic mass is 10.0. The van der Waals surface area contributed by atoms with Crippen LogP contribution in [0.4, 0.5) is 0 Å². The summed E-state index contributed by atoms with van der Waals surface area (Å²) in [6.07, 6.45) is 2.63. The van der Waals surface area contributed by atoms with Crippen molar-refractivity contribution in [3.8, 4) is 40.2 Å². The van der Waals surface area contributed by atoms with Crippen LogP contribution in [0.3, 0.4) is 0 Å². The average molecular weight is 440 g/mol. The van der Waals surface area contributed by atoms with Gasteiger partial charge in [0.2, 0.25) is 0 Å². The molecule has 2 heterocycles. The lowest BCUT2D eigenvalue weighted by Gasteiger charge is -2.15. The van der Waals surface area contributed by atoms with Gasteiger partial charge in [-0.1, -0.05) is 36.4 Å². The minimum Gasteiger partial charge on any atom is -0.508 e. The maximum atomic E-state index is 10.6. The maximum Gasteiger partial charge on any atom is 0.172 e. The molecule has 0 saturated heterocycles. The molecule has 0 saturated carbocycles. The average Bonchev–Trinajstić information content (AvgIpc) is 2.81. The van der Waals surface area contributed by atoms with Gasteiger partial charge in [0, 0.05) is 6.07 Å². The fourth-order valence-corrected chi connectivity index (χ4v) is 4.07. The lowest BCUT2D eigenvalue weighted by molar-refractivity contribution is 0.405. The van der Waals surface area contributed by atoms with Crippen LogP contribution < -0.4 is 9.47 Å². The van der Waals surface area contributed by atoms with E-state index in [0.29, 0.717) is 35.8 Å². The Labute approximate surface area is 192 Å². The van der Waals surface area contributed by atoms with Gasteiger partial charge in [0.1, 0.15) is 17.2 Å². The molecule has 0 unspecified atom stereocenters. The molecule has 3 N–H and O–H groups in total. The second-order valence-electron chi connectivity index (χ2n) is 8.21. The summed E-state index contributed by atoms with van der Waals surface area (Å²) in [4.78, 5) is 0. The van der Waals surface area contributed by atoms with Crippen LogP contribution in [0.15, 0.2) is 78.9 Å². The highest BCUT2D eigenvalue weighted by Gasteiger charge is 2.14. The van der Waals surface area contributed by atoms with E-state index in [1.54, 1.807) is 30.3 Å². The molecule has 0 aromatic heterocycles. The minimum atomic E-state index is 0.0449. The molecule has 5 heteroatoms. The Bertz CT molecular complexity index is 1310. The van der Waals surface area contributed by atoms with Crippen molar-refractivity contribution in [2.75, 3.05) is 0 Å². The molecule has 0 radical (unpaired) electrons. The first-order valence-corrected chi connectivity index (χ1v) is 10.9. The van der Waals surface area contributed by atoms with E-state index in [-0.39, 0.29) is 17.2 Å². The summed E-state index contributed by atoms with van der Waals surface area (Å²) in [6.45, 7) is 0. The Morgan fingerprint density at radius 1 is 0.515 bits per heavy atom. The third kappa shape index (κ3) is 4.58. The van der Waals surface area contributed by atoms with Gasteiger partial charge in [-0.3, -0.25) is 0 Å². The monoisotopic (exact) mass is 440 g/mol. The summed E-state index contributed by atoms with van der Waals surface area (Å²) < 4.78 is 12.0. The van der Waals surface area contributed by atoms with Gasteiger partial charge in [-0.05, 0) is 84.3 Å². The molecular weight excluding hydrogens is 416 g/mol. The van der Waals surface area contributed by atoms with E-state index < -0.39 is 0 Å². The van der Waals surface area contributed by atoms with E-state index >= 15 is 0 Å². The number of ether oxygens (including phenoxy) is 2. The summed E-state index contributed by atoms with van der Waals surface area (Å²) in [6, 6.07) is 23.6. The Hall–Kier alpha value is -4.12. The smallest absolute Gasteiger partial charge is 0.172 e. The van der Waals surface area contributed by atoms with E-state index in [2.05, 4.69) is 0 Å². The highest BCUT2D eigenvalue weighted by atomic mass is 16.5. The van der Waals surface area contributed by atoms with Crippen molar-refractivity contribution < 1.29 is 24.8 Å². The molecule has 4 aromatic rings. The van der Waals surface area contributed by atoms with Crippen molar-refractivity contribution in [1.29, 1.82) is 0 Å². The molecule has 4 aromatic carbocycles. The van der Waals surface area contributed by atoms with Crippen LogP contribution in [0.25, 0.3) is 0 Å². The predicted molar refractivity (Wildman–Crippen MR) is 126 cm³/mol. The van der Waals surface area contributed by atoms with Gasteiger partial charge in [0.05, 0.1) is 0 Å². The molecule has 2 aliphatic rings. The summed E-state index contributed by atoms with van der Waals surface area (Å²) in [5.41, 5.74) is 3.71. The number of para-hydroxylation sites is 1. The number of benzene rings is 4. The molecule has 0 spiro atoms. The fourth-order valence-electron chi connectivity index (χ4n) is 4.07. The molecule has 2 aliphatic heterocycles. The summed E-state index contributed by atoms with van der Waals surface area (Å²) >= 11 is 0. The molecule has 0 fully saturated rings. The Morgan fingerprint density at radius 3 is 2.12 bits per heavy atom. The number of phenolic OH excluding ortho intramolecular Hbond substituents is 3. The largest absolute Gasteiger partial charge is 0.508 e. The third-order valence-corrected chi connectivity index (χ3v) is 5.87. The molecule has 6 bridgehead atoms. The van der Waals surface area contributed by atoms with Crippen LogP contribution in [0.5, 0.6) is 40.2 Å². The van der Waals surface area contributed by atoms with Crippen LogP contribution in [-0.2, 0) is 25.7 Å². The van der Waals surface area contributed by atoms with Crippen LogP contribution in [0.1, 0.15) is 22.3 Å². The van der Waals surface area contributed by atoms with Crippen molar-refractivity contribution >= 4 is 0 Å². The molecule has 0 atom stereocenters. The normalized spacial score (nSPS) is 13.2. The quantitative estimate of drug-likeness (QED) is 0.300. The van der Waals surface area contributed by atoms with Crippen molar-refractivity contribution in [1.82, 2.24) is 0 Å². The van der Waals surface area contributed by atoms with Crippen LogP contribution in [0, 0.1) is 0 Å². The summed E-state index contributed by atoms with van der Waals surface area (Å²) in [7, 11) is 0. The molecule has 33 heavy (non-hydrogen) atoms. The number of aromatic hydroxyl groups is 3. The minimum absolute atomic E-state index is 0.0449. The Morgan fingerprint density at radius 2 is 1.27 bits per heavy atom. The zero-order valence-corrected chi connectivity index (χ0v) is 18.0. The highest BCUT2D eigenvalue weighted by molar-refractivity contribution is 5.50. The summed E-state index contributed by atoms with van der Waals surface area (Å²) in [5.74, 6) is 2.11. The van der Waals surface area contributed by atoms with E-state index in [9.17, 15) is 15.3 Å². The first-order valence-electron chi connectivity index (χ1n) is 10.9. The Balaban J connectivity index is 1.56. The van der Waals surface area contributed by atoms with Gasteiger partial charge in [0.25, 0.3) is 0 Å². The topological polar surface area (TPSA) is 79.2 Å². The molecule has 0 amide bonds.